The minimum Gasteiger partial charge on any atom is -0.275 e. The summed E-state index contributed by atoms with van der Waals surface area (Å²) in [6, 6.07) is 11.2. The van der Waals surface area contributed by atoms with Crippen molar-refractivity contribution in [3.63, 3.8) is 0 Å². The zero-order valence-electron chi connectivity index (χ0n) is 11.2. The van der Waals surface area contributed by atoms with Gasteiger partial charge in [0.1, 0.15) is 0 Å². The maximum absolute atomic E-state index is 12.8. The molecular weight excluding hydrogens is 329 g/mol. The summed E-state index contributed by atoms with van der Waals surface area (Å²) in [5.41, 5.74) is 2.10. The van der Waals surface area contributed by atoms with Crippen molar-refractivity contribution in [3.8, 4) is 22.0 Å². The highest BCUT2D eigenvalue weighted by molar-refractivity contribution is 7.19. The van der Waals surface area contributed by atoms with Crippen LogP contribution in [0.25, 0.3) is 26.9 Å². The third kappa shape index (κ3) is 2.36. The average Bonchev–Trinajstić information content (AvgIpc) is 3.21. The molecule has 1 N–H and O–H groups in total. The molecule has 116 valence electrons. The van der Waals surface area contributed by atoms with Crippen LogP contribution in [-0.2, 0) is 6.18 Å². The van der Waals surface area contributed by atoms with Crippen molar-refractivity contribution in [2.45, 2.75) is 6.18 Å². The number of nitrogens with zero attached hydrogens (tertiary/aromatic N) is 5. The number of alkyl halides is 3. The molecule has 3 aromatic heterocycles. The summed E-state index contributed by atoms with van der Waals surface area (Å²) in [6.07, 6.45) is -4.60. The summed E-state index contributed by atoms with van der Waals surface area (Å²) in [5.74, 6) is -1.14. The third-order valence-electron chi connectivity index (χ3n) is 3.12. The van der Waals surface area contributed by atoms with E-state index in [0.717, 1.165) is 16.9 Å². The standard InChI is InChI=1S/C13H7F3N6S/c14-13(15,16)11-19-20-12-22(11)21-10(23-12)9-6-8(17-18-9)7-4-2-1-3-5-7/h1-6H,(H,17,18). The predicted molar refractivity (Wildman–Crippen MR) is 76.7 cm³/mol. The van der Waals surface area contributed by atoms with Gasteiger partial charge in [0, 0.05) is 5.56 Å². The van der Waals surface area contributed by atoms with Crippen LogP contribution in [0.15, 0.2) is 36.4 Å². The maximum Gasteiger partial charge on any atom is 0.453 e. The first-order valence-electron chi connectivity index (χ1n) is 6.43. The molecule has 0 bridgehead atoms. The van der Waals surface area contributed by atoms with E-state index >= 15 is 0 Å². The molecule has 0 atom stereocenters. The van der Waals surface area contributed by atoms with Crippen LogP contribution in [0.4, 0.5) is 13.2 Å². The van der Waals surface area contributed by atoms with E-state index < -0.39 is 12.0 Å². The number of hydrogen-bond acceptors (Lipinski definition) is 5. The molecule has 0 saturated carbocycles. The van der Waals surface area contributed by atoms with Gasteiger partial charge in [0.05, 0.1) is 11.4 Å². The lowest BCUT2D eigenvalue weighted by molar-refractivity contribution is -0.146. The summed E-state index contributed by atoms with van der Waals surface area (Å²) in [4.78, 5) is 0.0724. The summed E-state index contributed by atoms with van der Waals surface area (Å²) >= 11 is 1.00. The second-order valence-electron chi connectivity index (χ2n) is 4.66. The zero-order valence-corrected chi connectivity index (χ0v) is 12.1. The highest BCUT2D eigenvalue weighted by atomic mass is 32.1. The summed E-state index contributed by atoms with van der Waals surface area (Å²) in [6.45, 7) is 0. The molecule has 0 aliphatic carbocycles. The van der Waals surface area contributed by atoms with Gasteiger partial charge in [-0.15, -0.1) is 10.2 Å². The van der Waals surface area contributed by atoms with Gasteiger partial charge in [-0.25, -0.2) is 0 Å². The van der Waals surface area contributed by atoms with Crippen LogP contribution in [0, 0.1) is 0 Å². The van der Waals surface area contributed by atoms with Crippen molar-refractivity contribution < 1.29 is 13.2 Å². The van der Waals surface area contributed by atoms with Crippen LogP contribution in [0.1, 0.15) is 5.82 Å². The van der Waals surface area contributed by atoms with Gasteiger partial charge in [-0.3, -0.25) is 5.10 Å². The number of halogens is 3. The Hall–Kier alpha value is -2.75. The molecule has 1 aromatic carbocycles. The molecule has 3 heterocycles. The zero-order chi connectivity index (χ0) is 16.0. The second-order valence-corrected chi connectivity index (χ2v) is 5.61. The molecule has 0 saturated heterocycles. The van der Waals surface area contributed by atoms with E-state index in [4.69, 9.17) is 0 Å². The van der Waals surface area contributed by atoms with Gasteiger partial charge in [0.2, 0.25) is 4.96 Å². The quantitative estimate of drug-likeness (QED) is 0.610. The SMILES string of the molecule is FC(F)(F)c1nnc2sc(-c3cc(-c4ccccc4)n[nH]3)nn12. The molecule has 0 amide bonds. The molecule has 0 aliphatic heterocycles. The maximum atomic E-state index is 12.8. The Morgan fingerprint density at radius 3 is 2.61 bits per heavy atom. The Morgan fingerprint density at radius 2 is 1.87 bits per heavy atom. The van der Waals surface area contributed by atoms with Gasteiger partial charge in [-0.05, 0) is 6.07 Å². The number of aromatic amines is 1. The first kappa shape index (κ1) is 13.9. The van der Waals surface area contributed by atoms with Crippen molar-refractivity contribution in [1.82, 2.24) is 30.0 Å². The Labute approximate surface area is 130 Å². The van der Waals surface area contributed by atoms with Gasteiger partial charge in [0.25, 0.3) is 5.82 Å². The number of benzene rings is 1. The highest BCUT2D eigenvalue weighted by Gasteiger charge is 2.38. The van der Waals surface area contributed by atoms with Gasteiger partial charge in [-0.2, -0.15) is 27.9 Å². The van der Waals surface area contributed by atoms with Crippen molar-refractivity contribution >= 4 is 16.3 Å². The van der Waals surface area contributed by atoms with Gasteiger partial charge in [0.15, 0.2) is 5.01 Å². The fraction of sp³-hybridized carbons (Fsp3) is 0.0769. The largest absolute Gasteiger partial charge is 0.453 e. The van der Waals surface area contributed by atoms with Gasteiger partial charge >= 0.3 is 6.18 Å². The summed E-state index contributed by atoms with van der Waals surface area (Å²) < 4.78 is 39.1. The molecule has 0 unspecified atom stereocenters. The van der Waals surface area contributed by atoms with E-state index in [2.05, 4.69) is 25.5 Å². The Balaban J connectivity index is 1.76. The Bertz CT molecular complexity index is 969. The van der Waals surface area contributed by atoms with Crippen LogP contribution in [0.3, 0.4) is 0 Å². The molecular formula is C13H7F3N6S. The van der Waals surface area contributed by atoms with Crippen molar-refractivity contribution in [2.24, 2.45) is 0 Å². The smallest absolute Gasteiger partial charge is 0.275 e. The van der Waals surface area contributed by atoms with E-state index in [1.54, 1.807) is 6.07 Å². The first-order chi connectivity index (χ1) is 11.0. The number of aromatic nitrogens is 6. The van der Waals surface area contributed by atoms with E-state index in [-0.39, 0.29) is 4.96 Å². The Morgan fingerprint density at radius 1 is 1.09 bits per heavy atom. The van der Waals surface area contributed by atoms with Crippen molar-refractivity contribution in [3.05, 3.63) is 42.2 Å². The molecule has 23 heavy (non-hydrogen) atoms. The molecule has 0 aliphatic rings. The van der Waals surface area contributed by atoms with Crippen LogP contribution < -0.4 is 0 Å². The number of nitrogens with one attached hydrogen (secondary N) is 1. The lowest BCUT2D eigenvalue weighted by Crippen LogP contribution is -2.11. The molecule has 4 rings (SSSR count). The lowest BCUT2D eigenvalue weighted by Gasteiger charge is -1.99. The van der Waals surface area contributed by atoms with Crippen LogP contribution in [-0.4, -0.2) is 30.0 Å². The fourth-order valence-corrected chi connectivity index (χ4v) is 2.90. The normalized spacial score (nSPS) is 12.1. The van der Waals surface area contributed by atoms with Crippen LogP contribution in [0.2, 0.25) is 0 Å². The van der Waals surface area contributed by atoms with E-state index in [9.17, 15) is 13.2 Å². The molecule has 0 spiro atoms. The van der Waals surface area contributed by atoms with E-state index in [0.29, 0.717) is 20.9 Å². The lowest BCUT2D eigenvalue weighted by atomic mass is 10.1. The fourth-order valence-electron chi connectivity index (χ4n) is 2.09. The second kappa shape index (κ2) is 4.88. The highest BCUT2D eigenvalue weighted by Crippen LogP contribution is 2.32. The molecule has 6 nitrogen and oxygen atoms in total. The monoisotopic (exact) mass is 336 g/mol. The molecule has 0 radical (unpaired) electrons. The van der Waals surface area contributed by atoms with E-state index in [1.807, 2.05) is 30.3 Å². The summed E-state index contributed by atoms with van der Waals surface area (Å²) in [5, 5.41) is 17.9. The van der Waals surface area contributed by atoms with Crippen LogP contribution >= 0.6 is 11.3 Å². The minimum atomic E-state index is -4.60. The van der Waals surface area contributed by atoms with Crippen molar-refractivity contribution in [1.29, 1.82) is 0 Å². The number of hydrogen-bond donors (Lipinski definition) is 1. The van der Waals surface area contributed by atoms with Crippen LogP contribution in [0.5, 0.6) is 0 Å². The average molecular weight is 336 g/mol. The topological polar surface area (TPSA) is 71.8 Å². The predicted octanol–water partition coefficient (Wildman–Crippen LogP) is 3.26. The minimum absolute atomic E-state index is 0.0724. The number of H-pyrrole nitrogens is 1. The summed E-state index contributed by atoms with van der Waals surface area (Å²) in [7, 11) is 0. The Kier molecular flexibility index (Phi) is 2.94. The molecule has 10 heteroatoms. The number of rotatable bonds is 2. The first-order valence-corrected chi connectivity index (χ1v) is 7.24. The third-order valence-corrected chi connectivity index (χ3v) is 4.05. The number of fused-ring (bicyclic) bond motifs is 1. The van der Waals surface area contributed by atoms with Gasteiger partial charge < -0.3 is 0 Å². The molecule has 0 fully saturated rings. The van der Waals surface area contributed by atoms with Crippen molar-refractivity contribution in [2.75, 3.05) is 0 Å². The van der Waals surface area contributed by atoms with Gasteiger partial charge in [-0.1, -0.05) is 41.7 Å². The van der Waals surface area contributed by atoms with E-state index in [1.165, 1.54) is 0 Å². The molecule has 4 aromatic rings.